The predicted octanol–water partition coefficient (Wildman–Crippen LogP) is 4.35. The molecule has 3 rings (SSSR count). The molecule has 1 heterocycles. The maximum atomic E-state index is 9.20. The first-order valence-electron chi connectivity index (χ1n) is 6.16. The summed E-state index contributed by atoms with van der Waals surface area (Å²) < 4.78 is 5.87. The van der Waals surface area contributed by atoms with Crippen molar-refractivity contribution < 1.29 is 9.62 Å². The van der Waals surface area contributed by atoms with Crippen LogP contribution in [0.3, 0.4) is 0 Å². The van der Waals surface area contributed by atoms with Crippen LogP contribution < -0.4 is 5.36 Å². The second kappa shape index (κ2) is 5.02. The predicted molar refractivity (Wildman–Crippen MR) is 78.7 cm³/mol. The van der Waals surface area contributed by atoms with E-state index >= 15 is 0 Å². The van der Waals surface area contributed by atoms with Crippen molar-refractivity contribution >= 4 is 22.6 Å². The van der Waals surface area contributed by atoms with Crippen molar-refractivity contribution in [3.05, 3.63) is 64.5 Å². The molecule has 0 saturated heterocycles. The normalized spacial score (nSPS) is 12.0. The first-order valence-corrected chi connectivity index (χ1v) is 6.54. The van der Waals surface area contributed by atoms with Gasteiger partial charge in [-0.1, -0.05) is 28.4 Å². The van der Waals surface area contributed by atoms with Gasteiger partial charge in [0.15, 0.2) is 0 Å². The van der Waals surface area contributed by atoms with Gasteiger partial charge < -0.3 is 9.62 Å². The zero-order chi connectivity index (χ0) is 14.1. The van der Waals surface area contributed by atoms with E-state index in [2.05, 4.69) is 5.16 Å². The maximum Gasteiger partial charge on any atom is 0.137 e. The number of halogens is 1. The molecule has 3 nitrogen and oxygen atoms in total. The summed E-state index contributed by atoms with van der Waals surface area (Å²) in [6.45, 7) is 1.98. The third-order valence-corrected chi connectivity index (χ3v) is 3.39. The van der Waals surface area contributed by atoms with E-state index in [1.807, 2.05) is 37.3 Å². The molecule has 0 unspecified atom stereocenters. The Morgan fingerprint density at radius 3 is 2.50 bits per heavy atom. The highest BCUT2D eigenvalue weighted by Gasteiger charge is 2.06. The Balaban J connectivity index is 2.28. The number of aryl methyl sites for hydroxylation is 1. The molecule has 4 heteroatoms. The highest BCUT2D eigenvalue weighted by molar-refractivity contribution is 6.30. The lowest BCUT2D eigenvalue weighted by molar-refractivity contribution is 0.302. The van der Waals surface area contributed by atoms with Crippen LogP contribution in [0.5, 0.6) is 0 Å². The fourth-order valence-electron chi connectivity index (χ4n) is 2.12. The van der Waals surface area contributed by atoms with E-state index in [-0.39, 0.29) is 0 Å². The van der Waals surface area contributed by atoms with E-state index in [1.165, 1.54) is 0 Å². The summed E-state index contributed by atoms with van der Waals surface area (Å²) in [5.74, 6) is 0.630. The van der Waals surface area contributed by atoms with Gasteiger partial charge in [0, 0.05) is 22.0 Å². The molecule has 1 aromatic heterocycles. The van der Waals surface area contributed by atoms with Crippen molar-refractivity contribution in [1.82, 2.24) is 0 Å². The van der Waals surface area contributed by atoms with Gasteiger partial charge in [0.05, 0.1) is 0 Å². The highest BCUT2D eigenvalue weighted by Crippen LogP contribution is 2.24. The fourth-order valence-corrected chi connectivity index (χ4v) is 2.25. The molecule has 0 bridgehead atoms. The molecule has 0 aliphatic heterocycles. The Labute approximate surface area is 120 Å². The minimum Gasteiger partial charge on any atom is -0.456 e. The van der Waals surface area contributed by atoms with Crippen LogP contribution in [-0.2, 0) is 0 Å². The average molecular weight is 286 g/mol. The third-order valence-electron chi connectivity index (χ3n) is 3.14. The quantitative estimate of drug-likeness (QED) is 0.533. The lowest BCUT2D eigenvalue weighted by Crippen LogP contribution is -2.03. The SMILES string of the molecule is Cc1ccc2oc(-c3ccc(Cl)cc3)c/c(=N\O)c2c1. The summed E-state index contributed by atoms with van der Waals surface area (Å²) in [5.41, 5.74) is 2.63. The monoisotopic (exact) mass is 285 g/mol. The Morgan fingerprint density at radius 2 is 1.80 bits per heavy atom. The van der Waals surface area contributed by atoms with Crippen LogP contribution >= 0.6 is 11.6 Å². The van der Waals surface area contributed by atoms with Crippen molar-refractivity contribution in [2.45, 2.75) is 6.92 Å². The standard InChI is InChI=1S/C16H12ClNO2/c1-10-2-7-15-13(8-10)14(18-19)9-16(20-15)11-3-5-12(17)6-4-11/h2-9,19H,1H3/b18-14+. The fraction of sp³-hybridized carbons (Fsp3) is 0.0625. The van der Waals surface area contributed by atoms with Crippen LogP contribution in [-0.4, -0.2) is 5.21 Å². The summed E-state index contributed by atoms with van der Waals surface area (Å²) in [6, 6.07) is 14.8. The number of fused-ring (bicyclic) bond motifs is 1. The van der Waals surface area contributed by atoms with Crippen LogP contribution in [0.1, 0.15) is 5.56 Å². The number of hydrogen-bond donors (Lipinski definition) is 1. The van der Waals surface area contributed by atoms with Crippen LogP contribution in [0, 0.1) is 6.92 Å². The van der Waals surface area contributed by atoms with Gasteiger partial charge in [-0.3, -0.25) is 0 Å². The molecule has 3 aromatic rings. The Bertz CT molecular complexity index is 835. The zero-order valence-electron chi connectivity index (χ0n) is 10.8. The molecule has 0 atom stereocenters. The molecule has 0 amide bonds. The number of benzene rings is 2. The molecule has 0 saturated carbocycles. The van der Waals surface area contributed by atoms with Gasteiger partial charge in [0.25, 0.3) is 0 Å². The van der Waals surface area contributed by atoms with E-state index in [4.69, 9.17) is 16.0 Å². The summed E-state index contributed by atoms with van der Waals surface area (Å²) in [4.78, 5) is 0. The lowest BCUT2D eigenvalue weighted by Gasteiger charge is -2.05. The smallest absolute Gasteiger partial charge is 0.137 e. The first kappa shape index (κ1) is 12.8. The molecule has 100 valence electrons. The molecule has 0 aliphatic rings. The van der Waals surface area contributed by atoms with Crippen LogP contribution in [0.15, 0.2) is 58.1 Å². The van der Waals surface area contributed by atoms with Gasteiger partial charge in [0.2, 0.25) is 0 Å². The van der Waals surface area contributed by atoms with Crippen molar-refractivity contribution in [3.63, 3.8) is 0 Å². The average Bonchev–Trinajstić information content (AvgIpc) is 2.47. The zero-order valence-corrected chi connectivity index (χ0v) is 11.6. The van der Waals surface area contributed by atoms with Gasteiger partial charge in [-0.25, -0.2) is 0 Å². The Hall–Kier alpha value is -2.26. The topological polar surface area (TPSA) is 45.7 Å². The van der Waals surface area contributed by atoms with Crippen molar-refractivity contribution in [2.24, 2.45) is 5.16 Å². The second-order valence-corrected chi connectivity index (χ2v) is 5.04. The lowest BCUT2D eigenvalue weighted by atomic mass is 10.1. The van der Waals surface area contributed by atoms with E-state index in [9.17, 15) is 5.21 Å². The second-order valence-electron chi connectivity index (χ2n) is 4.60. The van der Waals surface area contributed by atoms with Gasteiger partial charge in [-0.05, 0) is 43.3 Å². The highest BCUT2D eigenvalue weighted by atomic mass is 35.5. The summed E-state index contributed by atoms with van der Waals surface area (Å²) in [6.07, 6.45) is 0. The van der Waals surface area contributed by atoms with Gasteiger partial charge in [-0.15, -0.1) is 0 Å². The number of hydrogen-bond acceptors (Lipinski definition) is 3. The largest absolute Gasteiger partial charge is 0.456 e. The van der Waals surface area contributed by atoms with Crippen LogP contribution in [0.4, 0.5) is 0 Å². The van der Waals surface area contributed by atoms with Gasteiger partial charge >= 0.3 is 0 Å². The van der Waals surface area contributed by atoms with E-state index in [0.717, 1.165) is 16.5 Å². The number of nitrogens with zero attached hydrogens (tertiary/aromatic N) is 1. The molecule has 0 radical (unpaired) electrons. The van der Waals surface area contributed by atoms with Crippen molar-refractivity contribution in [1.29, 1.82) is 0 Å². The summed E-state index contributed by atoms with van der Waals surface area (Å²) in [7, 11) is 0. The third kappa shape index (κ3) is 2.28. The number of rotatable bonds is 1. The van der Waals surface area contributed by atoms with Crippen molar-refractivity contribution in [3.8, 4) is 11.3 Å². The van der Waals surface area contributed by atoms with Crippen molar-refractivity contribution in [2.75, 3.05) is 0 Å². The molecule has 0 fully saturated rings. The molecule has 1 N–H and O–H groups in total. The first-order chi connectivity index (χ1) is 9.67. The van der Waals surface area contributed by atoms with Gasteiger partial charge in [-0.2, -0.15) is 0 Å². The minimum atomic E-state index is 0.486. The molecule has 0 spiro atoms. The minimum absolute atomic E-state index is 0.486. The Kier molecular flexibility index (Phi) is 3.20. The molecule has 2 aromatic carbocycles. The van der Waals surface area contributed by atoms with Crippen LogP contribution in [0.25, 0.3) is 22.3 Å². The molecule has 20 heavy (non-hydrogen) atoms. The Morgan fingerprint density at radius 1 is 1.05 bits per heavy atom. The van der Waals surface area contributed by atoms with E-state index in [1.54, 1.807) is 18.2 Å². The summed E-state index contributed by atoms with van der Waals surface area (Å²) in [5, 5.41) is 14.5. The summed E-state index contributed by atoms with van der Waals surface area (Å²) >= 11 is 5.88. The molecular formula is C16H12ClNO2. The molecule has 0 aliphatic carbocycles. The van der Waals surface area contributed by atoms with E-state index < -0.39 is 0 Å². The van der Waals surface area contributed by atoms with Gasteiger partial charge in [0.1, 0.15) is 16.7 Å². The van der Waals surface area contributed by atoms with E-state index in [0.29, 0.717) is 21.7 Å². The van der Waals surface area contributed by atoms with Crippen LogP contribution in [0.2, 0.25) is 5.02 Å². The molecular weight excluding hydrogens is 274 g/mol. The maximum absolute atomic E-state index is 9.20.